The van der Waals surface area contributed by atoms with Crippen LogP contribution in [0.2, 0.25) is 0 Å². The first kappa shape index (κ1) is 15.9. The van der Waals surface area contributed by atoms with Gasteiger partial charge in [-0.2, -0.15) is 0 Å². The maximum Gasteiger partial charge on any atom is 0.414 e. The van der Waals surface area contributed by atoms with Crippen LogP contribution in [-0.4, -0.2) is 42.6 Å². The molecule has 0 aromatic carbocycles. The van der Waals surface area contributed by atoms with Crippen LogP contribution in [0.3, 0.4) is 0 Å². The molecule has 0 radical (unpaired) electrons. The monoisotopic (exact) mass is 244 g/mol. The van der Waals surface area contributed by atoms with E-state index in [1.54, 1.807) is 39.8 Å². The smallest absolute Gasteiger partial charge is 0.414 e. The lowest BCUT2D eigenvalue weighted by Gasteiger charge is -2.27. The summed E-state index contributed by atoms with van der Waals surface area (Å²) in [5.74, 6) is -0.216. The molecule has 0 aromatic rings. The van der Waals surface area contributed by atoms with Crippen molar-refractivity contribution >= 4 is 12.0 Å². The summed E-state index contributed by atoms with van der Waals surface area (Å²) in [6.45, 7) is 9.12. The second-order valence-electron chi connectivity index (χ2n) is 5.64. The molecular weight excluding hydrogens is 220 g/mol. The molecule has 0 saturated carbocycles. The van der Waals surface area contributed by atoms with E-state index < -0.39 is 11.7 Å². The van der Waals surface area contributed by atoms with Gasteiger partial charge in [0.25, 0.3) is 0 Å². The molecule has 0 aromatic heterocycles. The number of carbonyl (C=O) groups is 2. The Bertz CT molecular complexity index is 272. The molecule has 5 nitrogen and oxygen atoms in total. The molecule has 5 heteroatoms. The van der Waals surface area contributed by atoms with E-state index in [-0.39, 0.29) is 17.9 Å². The molecule has 0 unspecified atom stereocenters. The molecule has 0 spiro atoms. The van der Waals surface area contributed by atoms with Gasteiger partial charge >= 0.3 is 6.09 Å². The summed E-state index contributed by atoms with van der Waals surface area (Å²) in [6.07, 6.45) is -0.699. The van der Waals surface area contributed by atoms with Crippen LogP contribution < -0.4 is 5.32 Å². The third-order valence-electron chi connectivity index (χ3n) is 2.08. The van der Waals surface area contributed by atoms with Gasteiger partial charge in [0, 0.05) is 0 Å². The quantitative estimate of drug-likeness (QED) is 0.819. The maximum atomic E-state index is 11.9. The molecule has 0 bridgehead atoms. The molecule has 17 heavy (non-hydrogen) atoms. The molecule has 100 valence electrons. The van der Waals surface area contributed by atoms with Gasteiger partial charge in [-0.3, -0.25) is 15.0 Å². The number of nitrogens with zero attached hydrogens (tertiary/aromatic N) is 1. The Hall–Kier alpha value is -1.10. The topological polar surface area (TPSA) is 58.6 Å². The molecular formula is C12H24N2O3. The highest BCUT2D eigenvalue weighted by Crippen LogP contribution is 2.09. The molecule has 1 atom stereocenters. The van der Waals surface area contributed by atoms with E-state index >= 15 is 0 Å². The number of carbonyl (C=O) groups excluding carboxylic acids is 2. The van der Waals surface area contributed by atoms with Crippen molar-refractivity contribution in [3.05, 3.63) is 0 Å². The van der Waals surface area contributed by atoms with E-state index in [0.717, 1.165) is 0 Å². The van der Waals surface area contributed by atoms with Crippen LogP contribution in [0.1, 0.15) is 34.6 Å². The molecule has 0 aliphatic heterocycles. The second-order valence-corrected chi connectivity index (χ2v) is 5.64. The number of amides is 2. The molecule has 0 aliphatic carbocycles. The zero-order valence-electron chi connectivity index (χ0n) is 11.8. The van der Waals surface area contributed by atoms with Gasteiger partial charge < -0.3 is 4.74 Å². The molecule has 0 aliphatic rings. The fourth-order valence-electron chi connectivity index (χ4n) is 1.61. The average molecular weight is 244 g/mol. The third kappa shape index (κ3) is 6.26. The number of hydrogen-bond donors (Lipinski definition) is 1. The number of ether oxygens (including phenoxy) is 1. The van der Waals surface area contributed by atoms with E-state index in [0.29, 0.717) is 0 Å². The fourth-order valence-corrected chi connectivity index (χ4v) is 1.61. The van der Waals surface area contributed by atoms with Crippen molar-refractivity contribution < 1.29 is 14.3 Å². The lowest BCUT2D eigenvalue weighted by Crippen LogP contribution is -2.49. The zero-order valence-corrected chi connectivity index (χ0v) is 11.8. The molecule has 0 fully saturated rings. The first-order valence-electron chi connectivity index (χ1n) is 5.75. The number of likely N-dealkylation sites (N-methyl/N-ethyl adjacent to an activating group) is 1. The summed E-state index contributed by atoms with van der Waals surface area (Å²) in [4.78, 5) is 25.1. The van der Waals surface area contributed by atoms with E-state index in [4.69, 9.17) is 4.74 Å². The van der Waals surface area contributed by atoms with Crippen molar-refractivity contribution in [1.29, 1.82) is 0 Å². The summed E-state index contributed by atoms with van der Waals surface area (Å²) in [5, 5.41) is 2.26. The number of alkyl carbamates (subject to hydrolysis) is 1. The fraction of sp³-hybridized carbons (Fsp3) is 0.833. The van der Waals surface area contributed by atoms with E-state index in [2.05, 4.69) is 5.32 Å². The largest absolute Gasteiger partial charge is 0.444 e. The minimum atomic E-state index is -0.699. The zero-order chi connectivity index (χ0) is 13.8. The van der Waals surface area contributed by atoms with E-state index in [9.17, 15) is 9.59 Å². The van der Waals surface area contributed by atoms with Gasteiger partial charge in [-0.1, -0.05) is 13.8 Å². The SMILES string of the molecule is CC(C)[C@@H](C(=O)NC(=O)OC(C)(C)C)N(C)C. The Balaban J connectivity index is 4.47. The first-order chi connectivity index (χ1) is 7.54. The van der Waals surface area contributed by atoms with Crippen LogP contribution in [0.25, 0.3) is 0 Å². The highest BCUT2D eigenvalue weighted by atomic mass is 16.6. The van der Waals surface area contributed by atoms with Gasteiger partial charge in [0.1, 0.15) is 5.60 Å². The number of nitrogens with one attached hydrogen (secondary N) is 1. The van der Waals surface area contributed by atoms with Gasteiger partial charge in [0.15, 0.2) is 0 Å². The highest BCUT2D eigenvalue weighted by molar-refractivity contribution is 5.95. The maximum absolute atomic E-state index is 11.9. The summed E-state index contributed by atoms with van der Waals surface area (Å²) < 4.78 is 5.03. The van der Waals surface area contributed by atoms with Gasteiger partial charge in [-0.15, -0.1) is 0 Å². The Morgan fingerprint density at radius 2 is 1.65 bits per heavy atom. The molecule has 0 saturated heterocycles. The molecule has 1 N–H and O–H groups in total. The van der Waals surface area contributed by atoms with Crippen LogP contribution in [-0.2, 0) is 9.53 Å². The number of imide groups is 1. The predicted octanol–water partition coefficient (Wildman–Crippen LogP) is 1.62. The van der Waals surface area contributed by atoms with Crippen molar-refractivity contribution in [2.24, 2.45) is 5.92 Å². The van der Waals surface area contributed by atoms with Crippen molar-refractivity contribution in [3.8, 4) is 0 Å². The van der Waals surface area contributed by atoms with Crippen LogP contribution >= 0.6 is 0 Å². The highest BCUT2D eigenvalue weighted by Gasteiger charge is 2.27. The first-order valence-corrected chi connectivity index (χ1v) is 5.75. The van der Waals surface area contributed by atoms with E-state index in [1.165, 1.54) is 0 Å². The van der Waals surface area contributed by atoms with Crippen molar-refractivity contribution in [3.63, 3.8) is 0 Å². The Morgan fingerprint density at radius 3 is 1.94 bits per heavy atom. The van der Waals surface area contributed by atoms with Crippen molar-refractivity contribution in [2.75, 3.05) is 14.1 Å². The van der Waals surface area contributed by atoms with Gasteiger partial charge in [-0.05, 0) is 40.8 Å². The lowest BCUT2D eigenvalue weighted by atomic mass is 10.0. The minimum absolute atomic E-state index is 0.118. The second kappa shape index (κ2) is 6.00. The van der Waals surface area contributed by atoms with E-state index in [1.807, 2.05) is 13.8 Å². The number of rotatable bonds is 3. The normalized spacial score (nSPS) is 13.7. The lowest BCUT2D eigenvalue weighted by molar-refractivity contribution is -0.126. The molecule has 0 rings (SSSR count). The Labute approximate surface area is 103 Å². The molecule has 0 heterocycles. The van der Waals surface area contributed by atoms with Crippen molar-refractivity contribution in [1.82, 2.24) is 10.2 Å². The predicted molar refractivity (Wildman–Crippen MR) is 66.7 cm³/mol. The summed E-state index contributed by atoms with van der Waals surface area (Å²) in [5.41, 5.74) is -0.601. The average Bonchev–Trinajstić information content (AvgIpc) is 1.96. The minimum Gasteiger partial charge on any atom is -0.444 e. The summed E-state index contributed by atoms with van der Waals surface area (Å²) in [7, 11) is 3.61. The Morgan fingerprint density at radius 1 is 1.18 bits per heavy atom. The standard InChI is InChI=1S/C12H24N2O3/c1-8(2)9(14(6)7)10(15)13-11(16)17-12(3,4)5/h8-9H,1-7H3,(H,13,15,16)/t9-/m0/s1. The summed E-state index contributed by atoms with van der Waals surface area (Å²) >= 11 is 0. The summed E-state index contributed by atoms with van der Waals surface area (Å²) in [6, 6.07) is -0.345. The Kier molecular flexibility index (Phi) is 5.61. The van der Waals surface area contributed by atoms with Gasteiger partial charge in [-0.25, -0.2) is 4.79 Å². The van der Waals surface area contributed by atoms with Gasteiger partial charge in [0.2, 0.25) is 5.91 Å². The van der Waals surface area contributed by atoms with Crippen LogP contribution in [0.5, 0.6) is 0 Å². The third-order valence-corrected chi connectivity index (χ3v) is 2.08. The number of hydrogen-bond acceptors (Lipinski definition) is 4. The van der Waals surface area contributed by atoms with Crippen LogP contribution in [0.4, 0.5) is 4.79 Å². The van der Waals surface area contributed by atoms with Gasteiger partial charge in [0.05, 0.1) is 6.04 Å². The van der Waals surface area contributed by atoms with Crippen molar-refractivity contribution in [2.45, 2.75) is 46.3 Å². The molecule has 2 amide bonds. The van der Waals surface area contributed by atoms with Crippen LogP contribution in [0, 0.1) is 5.92 Å². The van der Waals surface area contributed by atoms with Crippen LogP contribution in [0.15, 0.2) is 0 Å².